The number of halogens is 2. The molecule has 0 saturated carbocycles. The average Bonchev–Trinajstić information content (AvgIpc) is 3.32. The Bertz CT molecular complexity index is 1250. The van der Waals surface area contributed by atoms with Gasteiger partial charge in [0.2, 0.25) is 5.91 Å². The molecule has 9 heteroatoms. The second kappa shape index (κ2) is 9.02. The lowest BCUT2D eigenvalue weighted by atomic mass is 10.2. The third-order valence-corrected chi connectivity index (χ3v) is 5.81. The first kappa shape index (κ1) is 21.9. The van der Waals surface area contributed by atoms with Crippen molar-refractivity contribution in [2.45, 2.75) is 6.92 Å². The van der Waals surface area contributed by atoms with Crippen LogP contribution < -0.4 is 5.32 Å². The number of thioether (sulfide) groups is 1. The molecule has 0 radical (unpaired) electrons. The van der Waals surface area contributed by atoms with Gasteiger partial charge in [-0.25, -0.2) is 4.39 Å². The molecular weight excluding hydrogens is 455 g/mol. The minimum atomic E-state index is -0.582. The van der Waals surface area contributed by atoms with Crippen LogP contribution in [0.2, 0.25) is 5.02 Å². The van der Waals surface area contributed by atoms with Crippen molar-refractivity contribution in [1.82, 2.24) is 4.90 Å². The number of nitrogens with zero attached hydrogens (tertiary/aromatic N) is 1. The first-order chi connectivity index (χ1) is 15.3. The maximum atomic E-state index is 13.4. The first-order valence-electron chi connectivity index (χ1n) is 9.47. The number of amides is 3. The number of carbonyl (C=O) groups is 3. The van der Waals surface area contributed by atoms with E-state index in [1.165, 1.54) is 24.3 Å². The molecular formula is C23H16ClFN2O4S. The molecule has 1 aliphatic rings. The van der Waals surface area contributed by atoms with Crippen LogP contribution in [0, 0.1) is 12.7 Å². The van der Waals surface area contributed by atoms with Crippen LogP contribution >= 0.6 is 23.4 Å². The van der Waals surface area contributed by atoms with Crippen LogP contribution in [0.15, 0.2) is 63.9 Å². The van der Waals surface area contributed by atoms with Crippen LogP contribution in [0.25, 0.3) is 17.4 Å². The summed E-state index contributed by atoms with van der Waals surface area (Å²) in [4.78, 5) is 38.2. The number of furan rings is 1. The Kier molecular flexibility index (Phi) is 6.16. The van der Waals surface area contributed by atoms with E-state index in [1.54, 1.807) is 24.3 Å². The van der Waals surface area contributed by atoms with Crippen molar-refractivity contribution in [2.24, 2.45) is 0 Å². The summed E-state index contributed by atoms with van der Waals surface area (Å²) in [6.07, 6.45) is 1.43. The SMILES string of the molecule is Cc1ccc(NC(=O)CN2C(=O)S/C(=C\c3ccc(-c4ccc(F)c(Cl)c4)o3)C2=O)cc1. The molecule has 0 aliphatic carbocycles. The van der Waals surface area contributed by atoms with E-state index < -0.39 is 29.4 Å². The molecule has 32 heavy (non-hydrogen) atoms. The van der Waals surface area contributed by atoms with Gasteiger partial charge in [-0.15, -0.1) is 0 Å². The van der Waals surface area contributed by atoms with E-state index in [9.17, 15) is 18.8 Å². The topological polar surface area (TPSA) is 79.6 Å². The molecule has 6 nitrogen and oxygen atoms in total. The summed E-state index contributed by atoms with van der Waals surface area (Å²) >= 11 is 6.53. The molecule has 1 saturated heterocycles. The van der Waals surface area contributed by atoms with E-state index in [0.717, 1.165) is 22.2 Å². The number of imide groups is 1. The second-order valence-corrected chi connectivity index (χ2v) is 8.41. The van der Waals surface area contributed by atoms with Gasteiger partial charge in [-0.2, -0.15) is 0 Å². The fourth-order valence-corrected chi connectivity index (χ4v) is 3.98. The van der Waals surface area contributed by atoms with Crippen molar-refractivity contribution in [3.8, 4) is 11.3 Å². The molecule has 0 atom stereocenters. The van der Waals surface area contributed by atoms with Gasteiger partial charge in [0, 0.05) is 17.3 Å². The maximum Gasteiger partial charge on any atom is 0.294 e. The van der Waals surface area contributed by atoms with Crippen LogP contribution in [-0.2, 0) is 9.59 Å². The number of hydrogen-bond donors (Lipinski definition) is 1. The van der Waals surface area contributed by atoms with Gasteiger partial charge in [0.25, 0.3) is 11.1 Å². The fraction of sp³-hybridized carbons (Fsp3) is 0.0870. The van der Waals surface area contributed by atoms with Crippen LogP contribution in [0.4, 0.5) is 14.9 Å². The highest BCUT2D eigenvalue weighted by Crippen LogP contribution is 2.33. The zero-order valence-corrected chi connectivity index (χ0v) is 18.3. The molecule has 1 N–H and O–H groups in total. The quantitative estimate of drug-likeness (QED) is 0.482. The largest absolute Gasteiger partial charge is 0.457 e. The summed E-state index contributed by atoms with van der Waals surface area (Å²) in [5.41, 5.74) is 2.19. The Balaban J connectivity index is 1.45. The van der Waals surface area contributed by atoms with Crippen LogP contribution in [0.1, 0.15) is 11.3 Å². The van der Waals surface area contributed by atoms with Crippen LogP contribution in [0.3, 0.4) is 0 Å². The monoisotopic (exact) mass is 470 g/mol. The lowest BCUT2D eigenvalue weighted by Crippen LogP contribution is -2.36. The molecule has 3 aromatic rings. The first-order valence-corrected chi connectivity index (χ1v) is 10.7. The Labute approximate surface area is 192 Å². The van der Waals surface area contributed by atoms with Gasteiger partial charge in [-0.3, -0.25) is 19.3 Å². The van der Waals surface area contributed by atoms with Gasteiger partial charge in [-0.05, 0) is 61.2 Å². The lowest BCUT2D eigenvalue weighted by Gasteiger charge is -2.12. The highest BCUT2D eigenvalue weighted by Gasteiger charge is 2.36. The third-order valence-electron chi connectivity index (χ3n) is 4.61. The zero-order valence-electron chi connectivity index (χ0n) is 16.7. The summed E-state index contributed by atoms with van der Waals surface area (Å²) in [6.45, 7) is 1.53. The predicted molar refractivity (Wildman–Crippen MR) is 122 cm³/mol. The number of rotatable bonds is 5. The summed E-state index contributed by atoms with van der Waals surface area (Å²) in [6, 6.07) is 14.6. The van der Waals surface area contributed by atoms with Crippen LogP contribution in [-0.4, -0.2) is 28.5 Å². The van der Waals surface area contributed by atoms with Crippen molar-refractivity contribution in [3.63, 3.8) is 0 Å². The smallest absolute Gasteiger partial charge is 0.294 e. The molecule has 0 bridgehead atoms. The Hall–Kier alpha value is -3.36. The van der Waals surface area contributed by atoms with Gasteiger partial charge in [0.05, 0.1) is 9.93 Å². The molecule has 162 valence electrons. The standard InChI is InChI=1S/C23H16ClFN2O4S/c1-13-2-5-15(6-3-13)26-21(28)12-27-22(29)20(32-23(27)30)11-16-7-9-19(31-16)14-4-8-18(25)17(24)10-14/h2-11H,12H2,1H3,(H,26,28)/b20-11-. The van der Waals surface area contributed by atoms with Gasteiger partial charge >= 0.3 is 0 Å². The van der Waals surface area contributed by atoms with Crippen molar-refractivity contribution < 1.29 is 23.2 Å². The Morgan fingerprint density at radius 2 is 1.91 bits per heavy atom. The predicted octanol–water partition coefficient (Wildman–Crippen LogP) is 5.72. The maximum absolute atomic E-state index is 13.4. The normalized spacial score (nSPS) is 15.0. The highest BCUT2D eigenvalue weighted by molar-refractivity contribution is 8.18. The summed E-state index contributed by atoms with van der Waals surface area (Å²) in [7, 11) is 0. The number of hydrogen-bond acceptors (Lipinski definition) is 5. The minimum absolute atomic E-state index is 0.0366. The van der Waals surface area contributed by atoms with Crippen molar-refractivity contribution in [3.05, 3.63) is 81.7 Å². The fourth-order valence-electron chi connectivity index (χ4n) is 2.98. The van der Waals surface area contributed by atoms with Gasteiger partial charge in [-0.1, -0.05) is 29.3 Å². The summed E-state index contributed by atoms with van der Waals surface area (Å²) in [5.74, 6) is -0.847. The van der Waals surface area contributed by atoms with Gasteiger partial charge < -0.3 is 9.73 Å². The van der Waals surface area contributed by atoms with Gasteiger partial charge in [0.1, 0.15) is 23.9 Å². The molecule has 2 aromatic carbocycles. The van der Waals surface area contributed by atoms with Crippen molar-refractivity contribution >= 4 is 52.2 Å². The van der Waals surface area contributed by atoms with E-state index in [4.69, 9.17) is 16.0 Å². The Morgan fingerprint density at radius 1 is 1.16 bits per heavy atom. The highest BCUT2D eigenvalue weighted by atomic mass is 35.5. The van der Waals surface area contributed by atoms with E-state index in [0.29, 0.717) is 22.8 Å². The van der Waals surface area contributed by atoms with E-state index in [-0.39, 0.29) is 9.93 Å². The third kappa shape index (κ3) is 4.76. The molecule has 4 rings (SSSR count). The lowest BCUT2D eigenvalue weighted by molar-refractivity contribution is -0.127. The molecule has 2 heterocycles. The Morgan fingerprint density at radius 3 is 2.62 bits per heavy atom. The zero-order chi connectivity index (χ0) is 22.8. The second-order valence-electron chi connectivity index (χ2n) is 7.01. The van der Waals surface area contributed by atoms with E-state index >= 15 is 0 Å². The van der Waals surface area contributed by atoms with Gasteiger partial charge in [0.15, 0.2) is 0 Å². The van der Waals surface area contributed by atoms with E-state index in [1.807, 2.05) is 19.1 Å². The molecule has 3 amide bonds. The average molecular weight is 471 g/mol. The number of carbonyl (C=O) groups excluding carboxylic acids is 3. The number of aryl methyl sites for hydroxylation is 1. The molecule has 1 aliphatic heterocycles. The van der Waals surface area contributed by atoms with Crippen molar-refractivity contribution in [2.75, 3.05) is 11.9 Å². The minimum Gasteiger partial charge on any atom is -0.457 e. The number of benzene rings is 2. The summed E-state index contributed by atoms with van der Waals surface area (Å²) < 4.78 is 19.0. The molecule has 0 spiro atoms. The number of nitrogens with one attached hydrogen (secondary N) is 1. The van der Waals surface area contributed by atoms with Crippen LogP contribution in [0.5, 0.6) is 0 Å². The number of anilines is 1. The molecule has 1 aromatic heterocycles. The summed E-state index contributed by atoms with van der Waals surface area (Å²) in [5, 5.41) is 2.08. The van der Waals surface area contributed by atoms with E-state index in [2.05, 4.69) is 5.32 Å². The van der Waals surface area contributed by atoms with Crippen molar-refractivity contribution in [1.29, 1.82) is 0 Å². The molecule has 1 fully saturated rings. The molecule has 0 unspecified atom stereocenters.